The van der Waals surface area contributed by atoms with Gasteiger partial charge in [0.05, 0.1) is 10.5 Å². The molecule has 20 heavy (non-hydrogen) atoms. The Hall–Kier alpha value is -2.45. The number of benzene rings is 1. The lowest BCUT2D eigenvalue weighted by Gasteiger charge is -2.09. The summed E-state index contributed by atoms with van der Waals surface area (Å²) in [5.41, 5.74) is 5.86. The van der Waals surface area contributed by atoms with Gasteiger partial charge in [-0.05, 0) is 30.3 Å². The zero-order valence-corrected chi connectivity index (χ0v) is 11.1. The van der Waals surface area contributed by atoms with Crippen LogP contribution in [0.25, 0.3) is 0 Å². The smallest absolute Gasteiger partial charge is 0.252 e. The molecule has 1 heterocycles. The second-order valence-electron chi connectivity index (χ2n) is 3.96. The molecule has 0 aliphatic rings. The van der Waals surface area contributed by atoms with Crippen LogP contribution < -0.4 is 16.2 Å². The molecule has 1 amide bonds. The number of hydrogen-bond donors (Lipinski definition) is 3. The van der Waals surface area contributed by atoms with Gasteiger partial charge in [-0.3, -0.25) is 4.79 Å². The number of nitrogens with two attached hydrogens (primary N) is 2. The van der Waals surface area contributed by atoms with Crippen LogP contribution in [0.5, 0.6) is 0 Å². The second kappa shape index (κ2) is 5.27. The topological polar surface area (TPSA) is 128 Å². The van der Waals surface area contributed by atoms with Crippen LogP contribution in [-0.4, -0.2) is 19.3 Å². The summed E-state index contributed by atoms with van der Waals surface area (Å²) in [6.45, 7) is 0. The fourth-order valence-corrected chi connectivity index (χ4v) is 2.15. The van der Waals surface area contributed by atoms with Crippen molar-refractivity contribution in [2.24, 2.45) is 10.9 Å². The second-order valence-corrected chi connectivity index (χ2v) is 5.52. The first kappa shape index (κ1) is 14.0. The van der Waals surface area contributed by atoms with Crippen LogP contribution in [-0.2, 0) is 10.0 Å². The highest BCUT2D eigenvalue weighted by Gasteiger charge is 2.11. The van der Waals surface area contributed by atoms with E-state index in [0.717, 1.165) is 0 Å². The first-order valence-corrected chi connectivity index (χ1v) is 7.07. The molecule has 0 bridgehead atoms. The van der Waals surface area contributed by atoms with E-state index < -0.39 is 15.9 Å². The quantitative estimate of drug-likeness (QED) is 0.759. The molecule has 2 rings (SSSR count). The summed E-state index contributed by atoms with van der Waals surface area (Å²) in [6.07, 6.45) is 1.48. The normalized spacial score (nSPS) is 11.1. The summed E-state index contributed by atoms with van der Waals surface area (Å²) in [5, 5.41) is 7.89. The van der Waals surface area contributed by atoms with Crippen molar-refractivity contribution >= 4 is 27.4 Å². The van der Waals surface area contributed by atoms with Gasteiger partial charge in [-0.15, -0.1) is 0 Å². The average molecular weight is 292 g/mol. The predicted molar refractivity (Wildman–Crippen MR) is 73.9 cm³/mol. The molecule has 7 nitrogen and oxygen atoms in total. The molecule has 0 radical (unpaired) electrons. The molecule has 0 fully saturated rings. The molecular formula is C12H12N4O3S. The number of primary sulfonamides is 1. The minimum Gasteiger partial charge on any atom is -0.365 e. The number of aromatic nitrogens is 1. The molecule has 104 valence electrons. The van der Waals surface area contributed by atoms with Crippen molar-refractivity contribution in [2.45, 2.75) is 4.90 Å². The molecule has 0 atom stereocenters. The molecule has 0 unspecified atom stereocenters. The van der Waals surface area contributed by atoms with Gasteiger partial charge in [0.25, 0.3) is 5.91 Å². The Balaban J connectivity index is 2.39. The number of hydrogen-bond acceptors (Lipinski definition) is 5. The minimum atomic E-state index is -3.80. The van der Waals surface area contributed by atoms with E-state index in [9.17, 15) is 13.2 Å². The van der Waals surface area contributed by atoms with Gasteiger partial charge in [-0.25, -0.2) is 18.5 Å². The van der Waals surface area contributed by atoms with Crippen molar-refractivity contribution in [1.82, 2.24) is 4.98 Å². The number of primary amides is 1. The number of carbonyl (C=O) groups excluding carboxylic acids is 1. The average Bonchev–Trinajstić information content (AvgIpc) is 2.38. The summed E-state index contributed by atoms with van der Waals surface area (Å²) in [7, 11) is -3.80. The van der Waals surface area contributed by atoms with E-state index in [-0.39, 0.29) is 16.3 Å². The SMILES string of the molecule is NC(=O)c1cccnc1Nc1cccc(S(N)(=O)=O)c1. The fourth-order valence-electron chi connectivity index (χ4n) is 1.59. The van der Waals surface area contributed by atoms with Crippen molar-refractivity contribution in [2.75, 3.05) is 5.32 Å². The highest BCUT2D eigenvalue weighted by Crippen LogP contribution is 2.20. The standard InChI is InChI=1S/C12H12N4O3S/c13-11(17)10-5-2-6-15-12(10)16-8-3-1-4-9(7-8)20(14,18)19/h1-7H,(H2,13,17)(H,15,16)(H2,14,18,19). The maximum Gasteiger partial charge on any atom is 0.252 e. The molecule has 0 spiro atoms. The van der Waals surface area contributed by atoms with Gasteiger partial charge >= 0.3 is 0 Å². The van der Waals surface area contributed by atoms with Crippen molar-refractivity contribution in [3.05, 3.63) is 48.2 Å². The Kier molecular flexibility index (Phi) is 3.68. The number of nitrogens with zero attached hydrogens (tertiary/aromatic N) is 1. The molecule has 0 saturated carbocycles. The summed E-state index contributed by atoms with van der Waals surface area (Å²) in [5.74, 6) is -0.394. The first-order chi connectivity index (χ1) is 9.38. The molecule has 0 aliphatic carbocycles. The number of anilines is 2. The van der Waals surface area contributed by atoms with E-state index >= 15 is 0 Å². The molecule has 1 aromatic carbocycles. The van der Waals surface area contributed by atoms with Gasteiger partial charge in [-0.1, -0.05) is 6.07 Å². The Bertz CT molecular complexity index is 759. The van der Waals surface area contributed by atoms with Crippen molar-refractivity contribution in [3.63, 3.8) is 0 Å². The van der Waals surface area contributed by atoms with Gasteiger partial charge in [0.2, 0.25) is 10.0 Å². The fraction of sp³-hybridized carbons (Fsp3) is 0. The van der Waals surface area contributed by atoms with Gasteiger partial charge in [-0.2, -0.15) is 0 Å². The third kappa shape index (κ3) is 3.11. The molecule has 2 aromatic rings. The maximum atomic E-state index is 11.3. The summed E-state index contributed by atoms with van der Waals surface area (Å²) >= 11 is 0. The molecule has 0 aliphatic heterocycles. The van der Waals surface area contributed by atoms with Crippen LogP contribution in [0.15, 0.2) is 47.5 Å². The Labute approximate surface area is 115 Å². The van der Waals surface area contributed by atoms with E-state index in [2.05, 4.69) is 10.3 Å². The largest absolute Gasteiger partial charge is 0.365 e. The van der Waals surface area contributed by atoms with Crippen molar-refractivity contribution in [3.8, 4) is 0 Å². The van der Waals surface area contributed by atoms with Crippen molar-refractivity contribution in [1.29, 1.82) is 0 Å². The summed E-state index contributed by atoms with van der Waals surface area (Å²) in [4.78, 5) is 15.2. The Morgan fingerprint density at radius 3 is 2.60 bits per heavy atom. The molecule has 0 saturated heterocycles. The van der Waals surface area contributed by atoms with Crippen molar-refractivity contribution < 1.29 is 13.2 Å². The maximum absolute atomic E-state index is 11.3. The van der Waals surface area contributed by atoms with E-state index in [0.29, 0.717) is 5.69 Å². The highest BCUT2D eigenvalue weighted by molar-refractivity contribution is 7.89. The minimum absolute atomic E-state index is 0.0425. The number of carbonyl (C=O) groups is 1. The number of nitrogens with one attached hydrogen (secondary N) is 1. The molecular weight excluding hydrogens is 280 g/mol. The predicted octanol–water partition coefficient (Wildman–Crippen LogP) is 0.572. The van der Waals surface area contributed by atoms with Crippen LogP contribution in [0.3, 0.4) is 0 Å². The number of pyridine rings is 1. The number of amides is 1. The monoisotopic (exact) mass is 292 g/mol. The van der Waals surface area contributed by atoms with E-state index in [4.69, 9.17) is 10.9 Å². The summed E-state index contributed by atoms with van der Waals surface area (Å²) in [6, 6.07) is 8.94. The Morgan fingerprint density at radius 1 is 1.20 bits per heavy atom. The van der Waals surface area contributed by atoms with Crippen LogP contribution in [0.2, 0.25) is 0 Å². The summed E-state index contributed by atoms with van der Waals surface area (Å²) < 4.78 is 22.5. The highest BCUT2D eigenvalue weighted by atomic mass is 32.2. The van der Waals surface area contributed by atoms with Crippen LogP contribution in [0.1, 0.15) is 10.4 Å². The van der Waals surface area contributed by atoms with Crippen LogP contribution in [0, 0.1) is 0 Å². The Morgan fingerprint density at radius 2 is 1.95 bits per heavy atom. The number of sulfonamides is 1. The lowest BCUT2D eigenvalue weighted by Crippen LogP contribution is -2.14. The van der Waals surface area contributed by atoms with Gasteiger partial charge < -0.3 is 11.1 Å². The molecule has 5 N–H and O–H groups in total. The van der Waals surface area contributed by atoms with E-state index in [1.165, 1.54) is 30.5 Å². The van der Waals surface area contributed by atoms with Crippen LogP contribution >= 0.6 is 0 Å². The molecule has 8 heteroatoms. The van der Waals surface area contributed by atoms with E-state index in [1.54, 1.807) is 12.1 Å². The van der Waals surface area contributed by atoms with Crippen LogP contribution in [0.4, 0.5) is 11.5 Å². The third-order valence-corrected chi connectivity index (χ3v) is 3.41. The van der Waals surface area contributed by atoms with Gasteiger partial charge in [0.15, 0.2) is 0 Å². The zero-order valence-electron chi connectivity index (χ0n) is 10.3. The molecule has 1 aromatic heterocycles. The number of rotatable bonds is 4. The van der Waals surface area contributed by atoms with Gasteiger partial charge in [0, 0.05) is 11.9 Å². The lowest BCUT2D eigenvalue weighted by molar-refractivity contribution is 0.100. The van der Waals surface area contributed by atoms with E-state index in [1.807, 2.05) is 0 Å². The lowest BCUT2D eigenvalue weighted by atomic mass is 10.2. The zero-order chi connectivity index (χ0) is 14.8. The third-order valence-electron chi connectivity index (χ3n) is 2.50. The first-order valence-electron chi connectivity index (χ1n) is 5.52. The van der Waals surface area contributed by atoms with Gasteiger partial charge in [0.1, 0.15) is 5.82 Å².